The first kappa shape index (κ1) is 18.1. The first-order valence-corrected chi connectivity index (χ1v) is 8.33. The number of hydrogen-bond donors (Lipinski definition) is 1. The molecule has 0 fully saturated rings. The molecule has 0 bridgehead atoms. The van der Waals surface area contributed by atoms with Crippen LogP contribution in [0.4, 0.5) is 0 Å². The van der Waals surface area contributed by atoms with Gasteiger partial charge in [-0.25, -0.2) is 0 Å². The lowest BCUT2D eigenvalue weighted by molar-refractivity contribution is -0.687. The minimum absolute atomic E-state index is 0. The summed E-state index contributed by atoms with van der Waals surface area (Å²) in [4.78, 5) is 0. The molecule has 130 valence electrons. The molecule has 0 atom stereocenters. The molecule has 0 radical (unpaired) electrons. The van der Waals surface area contributed by atoms with E-state index in [1.165, 1.54) is 28.1 Å². The van der Waals surface area contributed by atoms with Crippen LogP contribution in [0.1, 0.15) is 16.8 Å². The zero-order valence-electron chi connectivity index (χ0n) is 14.4. The number of pyridine rings is 1. The highest BCUT2D eigenvalue weighted by Gasteiger charge is 2.14. The number of oxime groups is 1. The van der Waals surface area contributed by atoms with E-state index in [0.29, 0.717) is 0 Å². The predicted octanol–water partition coefficient (Wildman–Crippen LogP) is 1.45. The first-order valence-electron chi connectivity index (χ1n) is 8.33. The lowest BCUT2D eigenvalue weighted by Gasteiger charge is -2.09. The van der Waals surface area contributed by atoms with Crippen molar-refractivity contribution in [2.24, 2.45) is 5.16 Å². The maximum absolute atomic E-state index is 9.03. The molecule has 4 aromatic rings. The molecule has 0 saturated carbocycles. The van der Waals surface area contributed by atoms with Crippen molar-refractivity contribution in [3.05, 3.63) is 89.7 Å². The van der Waals surface area contributed by atoms with Crippen molar-refractivity contribution >= 4 is 27.8 Å². The Balaban J connectivity index is 0.00000196. The third-order valence-electron chi connectivity index (χ3n) is 4.77. The summed E-state index contributed by atoms with van der Waals surface area (Å²) in [5, 5.41) is 17.1. The van der Waals surface area contributed by atoms with Crippen molar-refractivity contribution in [2.75, 3.05) is 0 Å². The minimum atomic E-state index is 0. The Bertz CT molecular complexity index is 1110. The maximum atomic E-state index is 9.03. The van der Waals surface area contributed by atoms with Gasteiger partial charge < -0.3 is 22.2 Å². The average molecular weight is 407 g/mol. The normalized spacial score (nSPS) is 11.1. The van der Waals surface area contributed by atoms with Crippen LogP contribution >= 0.6 is 0 Å². The Morgan fingerprint density at radius 1 is 0.923 bits per heavy atom. The standard InChI is InChI=1S/C22H18N2O.BrH/c1-16-19(11-10-17-6-4-5-9-22(16)17)14-24-15-20-8-3-2-7-18(20)12-21(24)13-23-25;/h2-13,15H,14H2,1H3;1H. The molecule has 1 N–H and O–H groups in total. The molecule has 3 nitrogen and oxygen atoms in total. The predicted molar refractivity (Wildman–Crippen MR) is 101 cm³/mol. The SMILES string of the molecule is Cc1c(C[n+]2cc3ccccc3cc2/C=N/O)ccc2ccccc12.[Br-]. The molecule has 0 saturated heterocycles. The monoisotopic (exact) mass is 406 g/mol. The Morgan fingerprint density at radius 2 is 1.62 bits per heavy atom. The maximum Gasteiger partial charge on any atom is 0.227 e. The Morgan fingerprint density at radius 3 is 2.38 bits per heavy atom. The summed E-state index contributed by atoms with van der Waals surface area (Å²) in [5.41, 5.74) is 3.41. The zero-order valence-corrected chi connectivity index (χ0v) is 16.0. The lowest BCUT2D eigenvalue weighted by atomic mass is 10.00. The molecule has 0 amide bonds. The van der Waals surface area contributed by atoms with Gasteiger partial charge in [0.1, 0.15) is 6.21 Å². The van der Waals surface area contributed by atoms with Crippen LogP contribution in [0.3, 0.4) is 0 Å². The fourth-order valence-electron chi connectivity index (χ4n) is 3.38. The molecule has 1 heterocycles. The van der Waals surface area contributed by atoms with Gasteiger partial charge in [0.25, 0.3) is 0 Å². The summed E-state index contributed by atoms with van der Waals surface area (Å²) in [5.74, 6) is 0. The summed E-state index contributed by atoms with van der Waals surface area (Å²) in [7, 11) is 0. The van der Waals surface area contributed by atoms with Crippen molar-refractivity contribution in [2.45, 2.75) is 13.5 Å². The Labute approximate surface area is 163 Å². The van der Waals surface area contributed by atoms with Crippen molar-refractivity contribution in [1.82, 2.24) is 0 Å². The van der Waals surface area contributed by atoms with Crippen LogP contribution in [0.5, 0.6) is 0 Å². The van der Waals surface area contributed by atoms with Crippen LogP contribution in [0.2, 0.25) is 0 Å². The zero-order chi connectivity index (χ0) is 17.2. The van der Waals surface area contributed by atoms with Gasteiger partial charge in [0, 0.05) is 17.0 Å². The molecule has 0 aliphatic carbocycles. The highest BCUT2D eigenvalue weighted by molar-refractivity contribution is 5.87. The number of halogens is 1. The molecule has 3 aromatic carbocycles. The van der Waals surface area contributed by atoms with E-state index in [0.717, 1.165) is 23.0 Å². The van der Waals surface area contributed by atoms with E-state index in [2.05, 4.69) is 71.4 Å². The fourth-order valence-corrected chi connectivity index (χ4v) is 3.38. The van der Waals surface area contributed by atoms with Crippen LogP contribution < -0.4 is 21.5 Å². The lowest BCUT2D eigenvalue weighted by Crippen LogP contribution is -3.00. The van der Waals surface area contributed by atoms with Crippen LogP contribution in [0.15, 0.2) is 78.1 Å². The smallest absolute Gasteiger partial charge is 0.227 e. The summed E-state index contributed by atoms with van der Waals surface area (Å²) in [6, 6.07) is 23.0. The van der Waals surface area contributed by atoms with Crippen molar-refractivity contribution in [1.29, 1.82) is 0 Å². The van der Waals surface area contributed by atoms with Gasteiger partial charge in [0.15, 0.2) is 12.7 Å². The van der Waals surface area contributed by atoms with Gasteiger partial charge in [-0.1, -0.05) is 59.8 Å². The average Bonchev–Trinajstić information content (AvgIpc) is 2.65. The van der Waals surface area contributed by atoms with Gasteiger partial charge in [-0.05, 0) is 34.7 Å². The Hall–Kier alpha value is -2.72. The highest BCUT2D eigenvalue weighted by atomic mass is 79.9. The topological polar surface area (TPSA) is 36.5 Å². The molecule has 26 heavy (non-hydrogen) atoms. The fraction of sp³-hybridized carbons (Fsp3) is 0.0909. The first-order chi connectivity index (χ1) is 12.3. The number of hydrogen-bond acceptors (Lipinski definition) is 2. The van der Waals surface area contributed by atoms with Crippen molar-refractivity contribution < 1.29 is 26.8 Å². The van der Waals surface area contributed by atoms with Gasteiger partial charge in [0.05, 0.1) is 0 Å². The number of rotatable bonds is 3. The van der Waals surface area contributed by atoms with E-state index in [1.54, 1.807) is 0 Å². The molecular weight excluding hydrogens is 388 g/mol. The Kier molecular flexibility index (Phi) is 5.33. The van der Waals surface area contributed by atoms with E-state index in [-0.39, 0.29) is 17.0 Å². The molecule has 0 spiro atoms. The van der Waals surface area contributed by atoms with Gasteiger partial charge >= 0.3 is 0 Å². The van der Waals surface area contributed by atoms with Crippen LogP contribution in [-0.4, -0.2) is 11.4 Å². The molecule has 0 aliphatic rings. The number of aryl methyl sites for hydroxylation is 1. The summed E-state index contributed by atoms with van der Waals surface area (Å²) in [6.45, 7) is 2.89. The third kappa shape index (κ3) is 3.33. The highest BCUT2D eigenvalue weighted by Crippen LogP contribution is 2.22. The van der Waals surface area contributed by atoms with Crippen molar-refractivity contribution in [3.63, 3.8) is 0 Å². The largest absolute Gasteiger partial charge is 1.00 e. The van der Waals surface area contributed by atoms with E-state index in [1.807, 2.05) is 18.2 Å². The molecular formula is C22H19BrN2O. The second-order valence-corrected chi connectivity index (χ2v) is 6.27. The molecule has 0 aliphatic heterocycles. The van der Waals surface area contributed by atoms with Crippen molar-refractivity contribution in [3.8, 4) is 0 Å². The summed E-state index contributed by atoms with van der Waals surface area (Å²) >= 11 is 0. The van der Waals surface area contributed by atoms with E-state index in [4.69, 9.17) is 5.21 Å². The second kappa shape index (κ2) is 7.67. The van der Waals surface area contributed by atoms with E-state index < -0.39 is 0 Å². The molecule has 4 heteroatoms. The van der Waals surface area contributed by atoms with E-state index >= 15 is 0 Å². The summed E-state index contributed by atoms with van der Waals surface area (Å²) in [6.07, 6.45) is 3.60. The molecule has 4 rings (SSSR count). The van der Waals surface area contributed by atoms with Gasteiger partial charge in [0.2, 0.25) is 5.69 Å². The van der Waals surface area contributed by atoms with Gasteiger partial charge in [-0.2, -0.15) is 4.57 Å². The van der Waals surface area contributed by atoms with Crippen LogP contribution in [0, 0.1) is 6.92 Å². The minimum Gasteiger partial charge on any atom is -1.00 e. The summed E-state index contributed by atoms with van der Waals surface area (Å²) < 4.78 is 2.12. The number of fused-ring (bicyclic) bond motifs is 2. The van der Waals surface area contributed by atoms with Crippen LogP contribution in [0.25, 0.3) is 21.5 Å². The number of nitrogens with zero attached hydrogens (tertiary/aromatic N) is 2. The number of benzene rings is 3. The quantitative estimate of drug-likeness (QED) is 0.237. The second-order valence-electron chi connectivity index (χ2n) is 6.27. The van der Waals surface area contributed by atoms with Gasteiger partial charge in [-0.3, -0.25) is 0 Å². The van der Waals surface area contributed by atoms with Crippen LogP contribution in [-0.2, 0) is 6.54 Å². The molecule has 1 aromatic heterocycles. The van der Waals surface area contributed by atoms with Gasteiger partial charge in [-0.15, -0.1) is 0 Å². The molecule has 0 unspecified atom stereocenters. The number of aromatic nitrogens is 1. The third-order valence-corrected chi connectivity index (χ3v) is 4.77. The van der Waals surface area contributed by atoms with E-state index in [9.17, 15) is 0 Å².